The highest BCUT2D eigenvalue weighted by Gasteiger charge is 2.30. The average Bonchev–Trinajstić information content (AvgIpc) is 3.39. The molecular weight excluding hydrogens is 976 g/mol. The van der Waals surface area contributed by atoms with Gasteiger partial charge in [-0.05, 0) is 109 Å². The van der Waals surface area contributed by atoms with Gasteiger partial charge < -0.3 is 19.4 Å². The van der Waals surface area contributed by atoms with Crippen LogP contribution in [0.5, 0.6) is 0 Å². The van der Waals surface area contributed by atoms with Crippen LogP contribution in [0.15, 0.2) is 109 Å². The summed E-state index contributed by atoms with van der Waals surface area (Å²) in [5.41, 5.74) is 0. The number of carbonyl (C=O) groups is 2. The van der Waals surface area contributed by atoms with E-state index in [2.05, 4.69) is 123 Å². The molecule has 442 valence electrons. The summed E-state index contributed by atoms with van der Waals surface area (Å²) in [5, 5.41) is 3.03. The Morgan fingerprint density at radius 1 is 0.481 bits per heavy atom. The number of nitrogens with one attached hydrogen (secondary N) is 1. The number of likely N-dealkylation sites (N-methyl/N-ethyl adjacent to an activating group) is 1. The molecule has 0 aromatic heterocycles. The van der Waals surface area contributed by atoms with E-state index in [1.165, 1.54) is 96.3 Å². The molecule has 0 aromatic rings. The lowest BCUT2D eigenvalue weighted by Crippen LogP contribution is -2.47. The van der Waals surface area contributed by atoms with Crippen molar-refractivity contribution in [2.24, 2.45) is 0 Å². The van der Waals surface area contributed by atoms with E-state index in [1.54, 1.807) is 0 Å². The first-order valence-electron chi connectivity index (χ1n) is 31.2. The Bertz CT molecular complexity index is 1690. The number of phosphoric acid groups is 1. The second kappa shape index (κ2) is 56.0. The maximum absolute atomic E-state index is 13.5. The molecule has 1 amide bonds. The fourth-order valence-electron chi connectivity index (χ4n) is 8.40. The molecular formula is C67H118N2O7P+. The van der Waals surface area contributed by atoms with Crippen LogP contribution in [-0.2, 0) is 27.9 Å². The van der Waals surface area contributed by atoms with Crippen molar-refractivity contribution in [1.82, 2.24) is 5.32 Å². The Kier molecular flexibility index (Phi) is 53.5. The Morgan fingerprint density at radius 3 is 1.34 bits per heavy atom. The lowest BCUT2D eigenvalue weighted by molar-refractivity contribution is -0.870. The highest BCUT2D eigenvalue weighted by Crippen LogP contribution is 2.43. The van der Waals surface area contributed by atoms with Crippen molar-refractivity contribution in [2.45, 2.75) is 264 Å². The Balaban J connectivity index is 5.34. The fraction of sp³-hybridized carbons (Fsp3) is 0.701. The van der Waals surface area contributed by atoms with Crippen molar-refractivity contribution in [2.75, 3.05) is 40.9 Å². The number of rotatable bonds is 55. The Morgan fingerprint density at radius 2 is 0.870 bits per heavy atom. The van der Waals surface area contributed by atoms with Crippen LogP contribution in [-0.4, -0.2) is 74.3 Å². The van der Waals surface area contributed by atoms with Crippen molar-refractivity contribution in [3.05, 3.63) is 109 Å². The van der Waals surface area contributed by atoms with Gasteiger partial charge in [0.05, 0.1) is 33.8 Å². The molecule has 0 rings (SSSR count). The number of hydrogen-bond donors (Lipinski definition) is 2. The van der Waals surface area contributed by atoms with Gasteiger partial charge in [0.25, 0.3) is 0 Å². The van der Waals surface area contributed by atoms with Crippen LogP contribution in [0.2, 0.25) is 0 Å². The zero-order valence-corrected chi connectivity index (χ0v) is 51.3. The number of ether oxygens (including phenoxy) is 1. The van der Waals surface area contributed by atoms with Crippen LogP contribution in [0, 0.1) is 0 Å². The van der Waals surface area contributed by atoms with Crippen LogP contribution in [0.25, 0.3) is 0 Å². The molecule has 3 atom stereocenters. The van der Waals surface area contributed by atoms with E-state index in [9.17, 15) is 19.0 Å². The lowest BCUT2D eigenvalue weighted by atomic mass is 10.1. The normalized spacial score (nSPS) is 14.4. The topological polar surface area (TPSA) is 111 Å². The smallest absolute Gasteiger partial charge is 0.456 e. The molecule has 77 heavy (non-hydrogen) atoms. The molecule has 2 N–H and O–H groups in total. The van der Waals surface area contributed by atoms with Gasteiger partial charge in [-0.25, -0.2) is 4.57 Å². The third-order valence-corrected chi connectivity index (χ3v) is 14.2. The van der Waals surface area contributed by atoms with Gasteiger partial charge >= 0.3 is 13.8 Å². The predicted octanol–water partition coefficient (Wildman–Crippen LogP) is 19.3. The number of phosphoric ester groups is 1. The van der Waals surface area contributed by atoms with Gasteiger partial charge in [-0.15, -0.1) is 0 Å². The van der Waals surface area contributed by atoms with E-state index in [1.807, 2.05) is 33.3 Å². The summed E-state index contributed by atoms with van der Waals surface area (Å²) in [5.74, 6) is -0.570. The molecule has 3 unspecified atom stereocenters. The summed E-state index contributed by atoms with van der Waals surface area (Å²) in [6.45, 7) is 6.84. The quantitative estimate of drug-likeness (QED) is 0.0156. The van der Waals surface area contributed by atoms with Crippen molar-refractivity contribution in [3.63, 3.8) is 0 Å². The molecule has 0 spiro atoms. The van der Waals surface area contributed by atoms with Gasteiger partial charge in [-0.1, -0.05) is 240 Å². The van der Waals surface area contributed by atoms with E-state index in [0.717, 1.165) is 109 Å². The average molecular weight is 1090 g/mol. The number of esters is 1. The van der Waals surface area contributed by atoms with Crippen molar-refractivity contribution in [3.8, 4) is 0 Å². The highest BCUT2D eigenvalue weighted by atomic mass is 31.2. The van der Waals surface area contributed by atoms with Crippen molar-refractivity contribution >= 4 is 19.7 Å². The van der Waals surface area contributed by atoms with Crippen molar-refractivity contribution < 1.29 is 37.3 Å². The summed E-state index contributed by atoms with van der Waals surface area (Å²) in [6.07, 6.45) is 76.6. The summed E-state index contributed by atoms with van der Waals surface area (Å²) in [6, 6.07) is -0.880. The Hall–Kier alpha value is -3.33. The highest BCUT2D eigenvalue weighted by molar-refractivity contribution is 7.47. The molecule has 0 fully saturated rings. The van der Waals surface area contributed by atoms with Crippen molar-refractivity contribution in [1.29, 1.82) is 0 Å². The largest absolute Gasteiger partial charge is 0.472 e. The van der Waals surface area contributed by atoms with Crippen LogP contribution in [0.3, 0.4) is 0 Å². The zero-order valence-electron chi connectivity index (χ0n) is 50.4. The molecule has 10 heteroatoms. The molecule has 0 aliphatic carbocycles. The predicted molar refractivity (Wildman–Crippen MR) is 332 cm³/mol. The summed E-state index contributed by atoms with van der Waals surface area (Å²) < 4.78 is 30.6. The third kappa shape index (κ3) is 57.2. The first kappa shape index (κ1) is 73.7. The molecule has 0 aliphatic rings. The number of amides is 1. The lowest BCUT2D eigenvalue weighted by Gasteiger charge is -2.27. The van der Waals surface area contributed by atoms with E-state index < -0.39 is 20.0 Å². The molecule has 9 nitrogen and oxygen atoms in total. The minimum atomic E-state index is -4.47. The number of nitrogens with zero attached hydrogens (tertiary/aromatic N) is 1. The maximum Gasteiger partial charge on any atom is 0.472 e. The molecule has 0 aliphatic heterocycles. The minimum Gasteiger partial charge on any atom is -0.456 e. The molecule has 0 heterocycles. The van der Waals surface area contributed by atoms with E-state index in [4.69, 9.17) is 13.8 Å². The first-order valence-corrected chi connectivity index (χ1v) is 32.7. The SMILES string of the molecule is CC/C=C\C/C=C\C/C=C\C/C=C\C/C=C\C/C=C\CCCCCCC(=O)OC(/C=C\CCCCCCCCCCCC)C(COP(=O)(O)OCC[N+](C)(C)C)NC(=O)CCCCC/C=C/C=C/CCCCCCCCC. The third-order valence-electron chi connectivity index (χ3n) is 13.2. The van der Waals surface area contributed by atoms with Crippen LogP contribution < -0.4 is 5.32 Å². The van der Waals surface area contributed by atoms with E-state index in [-0.39, 0.29) is 37.9 Å². The van der Waals surface area contributed by atoms with Gasteiger partial charge in [0, 0.05) is 12.8 Å². The monoisotopic (exact) mass is 1090 g/mol. The second-order valence-corrected chi connectivity index (χ2v) is 23.3. The summed E-state index contributed by atoms with van der Waals surface area (Å²) in [4.78, 5) is 37.7. The molecule has 0 radical (unpaired) electrons. The zero-order chi connectivity index (χ0) is 56.4. The number of unbranched alkanes of at least 4 members (excludes halogenated alkanes) is 24. The number of hydrogen-bond acceptors (Lipinski definition) is 6. The maximum atomic E-state index is 13.5. The summed E-state index contributed by atoms with van der Waals surface area (Å²) >= 11 is 0. The molecule has 0 saturated heterocycles. The van der Waals surface area contributed by atoms with Gasteiger partial charge in [0.15, 0.2) is 0 Å². The minimum absolute atomic E-state index is 0.0254. The number of quaternary nitrogens is 1. The molecule has 0 bridgehead atoms. The second-order valence-electron chi connectivity index (χ2n) is 21.9. The molecule has 0 saturated carbocycles. The van der Waals surface area contributed by atoms with E-state index in [0.29, 0.717) is 23.9 Å². The van der Waals surface area contributed by atoms with E-state index >= 15 is 0 Å². The van der Waals surface area contributed by atoms with Gasteiger partial charge in [-0.3, -0.25) is 18.6 Å². The van der Waals surface area contributed by atoms with Gasteiger partial charge in [0.1, 0.15) is 19.3 Å². The standard InChI is InChI=1S/C67H117N2O7P/c1-7-10-13-16-19-22-25-28-30-32-33-34-35-36-37-38-40-42-45-48-51-54-57-60-67(71)76-65(58-55-52-49-46-43-27-24-21-18-15-12-9-3)64(63-75-77(72,73)74-62-61-69(4,5)6)68-66(70)59-56-53-50-47-44-41-39-31-29-26-23-20-17-14-11-8-2/h10,13,19,22,28,30-31,33-34,36-37,39-42,44,55,58,64-65H,7-9,11-12,14-18,20-21,23-27,29,32,35,38,43,45-54,56-57,59-63H2,1-6H3,(H-,68,70,72,73)/p+1/b13-10-,22-19-,30-28-,34-33-,37-36-,39-31+,42-40-,44-41+,58-55-. The number of allylic oxidation sites excluding steroid dienone is 17. The fourth-order valence-corrected chi connectivity index (χ4v) is 9.14. The summed E-state index contributed by atoms with van der Waals surface area (Å²) in [7, 11) is 1.45. The van der Waals surface area contributed by atoms with Gasteiger partial charge in [0.2, 0.25) is 5.91 Å². The Labute approximate surface area is 474 Å². The van der Waals surface area contributed by atoms with Crippen LogP contribution in [0.1, 0.15) is 252 Å². The first-order chi connectivity index (χ1) is 37.4. The number of carbonyl (C=O) groups excluding carboxylic acids is 2. The van der Waals surface area contributed by atoms with Gasteiger partial charge in [-0.2, -0.15) is 0 Å². The molecule has 0 aromatic carbocycles. The van der Waals surface area contributed by atoms with Crippen LogP contribution in [0.4, 0.5) is 0 Å². The van der Waals surface area contributed by atoms with Crippen LogP contribution >= 0.6 is 7.82 Å².